The van der Waals surface area contributed by atoms with Crippen molar-refractivity contribution < 1.29 is 14.0 Å². The van der Waals surface area contributed by atoms with E-state index in [9.17, 15) is 10.1 Å². The Morgan fingerprint density at radius 2 is 1.92 bits per heavy atom. The fourth-order valence-electron chi connectivity index (χ4n) is 2.16. The van der Waals surface area contributed by atoms with Crippen molar-refractivity contribution in [3.8, 4) is 11.8 Å². The topological polar surface area (TPSA) is 82.8 Å². The van der Waals surface area contributed by atoms with E-state index in [2.05, 4.69) is 10.6 Å². The van der Waals surface area contributed by atoms with Crippen molar-refractivity contribution in [3.63, 3.8) is 0 Å². The van der Waals surface area contributed by atoms with E-state index >= 15 is 0 Å². The maximum atomic E-state index is 12.2. The van der Waals surface area contributed by atoms with Gasteiger partial charge in [0.25, 0.3) is 12.1 Å². The lowest BCUT2D eigenvalue weighted by molar-refractivity contribution is -0.670. The van der Waals surface area contributed by atoms with E-state index in [1.54, 1.807) is 6.20 Å². The van der Waals surface area contributed by atoms with Gasteiger partial charge in [0, 0.05) is 12.1 Å². The van der Waals surface area contributed by atoms with Crippen LogP contribution in [0.5, 0.6) is 0 Å². The van der Waals surface area contributed by atoms with Crippen molar-refractivity contribution in [2.45, 2.75) is 6.92 Å². The Balaban J connectivity index is 1.76. The fraction of sp³-hybridized carbons (Fsp3) is 0.0526. The number of nitriles is 1. The van der Waals surface area contributed by atoms with Crippen LogP contribution in [0.3, 0.4) is 0 Å². The van der Waals surface area contributed by atoms with E-state index in [0.29, 0.717) is 0 Å². The molecule has 0 bridgehead atoms. The van der Waals surface area contributed by atoms with Gasteiger partial charge in [-0.1, -0.05) is 48.0 Å². The van der Waals surface area contributed by atoms with Crippen molar-refractivity contribution in [1.29, 1.82) is 5.26 Å². The van der Waals surface area contributed by atoms with E-state index in [-0.39, 0.29) is 11.5 Å². The van der Waals surface area contributed by atoms with Gasteiger partial charge in [-0.25, -0.2) is 0 Å². The Kier molecular flexibility index (Phi) is 4.67. The molecule has 3 rings (SSSR count). The highest BCUT2D eigenvalue weighted by atomic mass is 16.5. The van der Waals surface area contributed by atoms with Gasteiger partial charge in [0.15, 0.2) is 0 Å². The molecule has 1 heterocycles. The summed E-state index contributed by atoms with van der Waals surface area (Å²) < 4.78 is 6.61. The molecule has 0 aliphatic heterocycles. The summed E-state index contributed by atoms with van der Waals surface area (Å²) in [5, 5.41) is 15.6. The minimum Gasteiger partial charge on any atom is -0.284 e. The molecule has 1 aromatic heterocycles. The van der Waals surface area contributed by atoms with Crippen LogP contribution in [0, 0.1) is 18.3 Å². The van der Waals surface area contributed by atoms with Gasteiger partial charge in [-0.3, -0.25) is 14.6 Å². The molecule has 1 amide bonds. The second-order valence-corrected chi connectivity index (χ2v) is 5.38. The first-order valence-electron chi connectivity index (χ1n) is 7.59. The van der Waals surface area contributed by atoms with Crippen molar-refractivity contribution in [3.05, 3.63) is 77.5 Å². The zero-order chi connectivity index (χ0) is 17.6. The third kappa shape index (κ3) is 3.98. The number of aromatic nitrogens is 2. The number of rotatable bonds is 4. The summed E-state index contributed by atoms with van der Waals surface area (Å²) in [6, 6.07) is 18.7. The normalized spacial score (nSPS) is 11.0. The number of carbonyl (C=O) groups excluding carboxylic acids is 1. The van der Waals surface area contributed by atoms with Crippen LogP contribution in [-0.2, 0) is 4.79 Å². The van der Waals surface area contributed by atoms with Crippen LogP contribution in [0.2, 0.25) is 0 Å². The Morgan fingerprint density at radius 3 is 2.60 bits per heavy atom. The van der Waals surface area contributed by atoms with Gasteiger partial charge in [-0.15, -0.1) is 0 Å². The first-order chi connectivity index (χ1) is 12.2. The van der Waals surface area contributed by atoms with Gasteiger partial charge >= 0.3 is 5.88 Å². The fourth-order valence-corrected chi connectivity index (χ4v) is 2.16. The molecule has 1 N–H and O–H groups in total. The molecule has 2 aromatic carbocycles. The summed E-state index contributed by atoms with van der Waals surface area (Å²) in [5.41, 5.74) is 2.67. The van der Waals surface area contributed by atoms with E-state index in [1.165, 1.54) is 10.8 Å². The standard InChI is InChI=1S/C19H14N4O2/c1-14-7-9-17(10-8-14)23-13-18(25-22-23)21-19(24)16(12-20)11-15-5-3-2-4-6-15/h2-11,13H,1H3/p+1/b16-11+. The van der Waals surface area contributed by atoms with Gasteiger partial charge in [0.2, 0.25) is 11.0 Å². The molecule has 0 unspecified atom stereocenters. The predicted molar refractivity (Wildman–Crippen MR) is 91.4 cm³/mol. The van der Waals surface area contributed by atoms with Crippen LogP contribution in [0.4, 0.5) is 5.88 Å². The summed E-state index contributed by atoms with van der Waals surface area (Å²) in [6.45, 7) is 1.99. The molecule has 0 aliphatic rings. The van der Waals surface area contributed by atoms with Gasteiger partial charge < -0.3 is 0 Å². The quantitative estimate of drug-likeness (QED) is 0.453. The molecule has 6 heteroatoms. The third-order valence-corrected chi connectivity index (χ3v) is 3.48. The summed E-state index contributed by atoms with van der Waals surface area (Å²) in [6.07, 6.45) is 3.06. The van der Waals surface area contributed by atoms with Crippen LogP contribution in [-0.4, -0.2) is 11.2 Å². The lowest BCUT2D eigenvalue weighted by atomic mass is 10.1. The lowest BCUT2D eigenvalue weighted by Crippen LogP contribution is -2.31. The molecule has 0 atom stereocenters. The number of anilines is 1. The second-order valence-electron chi connectivity index (χ2n) is 5.38. The Hall–Kier alpha value is -3.72. The van der Waals surface area contributed by atoms with Crippen molar-refractivity contribution in [2.75, 3.05) is 5.32 Å². The first-order valence-corrected chi connectivity index (χ1v) is 7.59. The molecule has 25 heavy (non-hydrogen) atoms. The Labute approximate surface area is 144 Å². The number of aryl methyl sites for hydroxylation is 1. The summed E-state index contributed by atoms with van der Waals surface area (Å²) in [5.74, 6) is -0.404. The third-order valence-electron chi connectivity index (χ3n) is 3.48. The highest BCUT2D eigenvalue weighted by molar-refractivity contribution is 6.09. The number of nitrogens with zero attached hydrogens (tertiary/aromatic N) is 3. The van der Waals surface area contributed by atoms with Crippen LogP contribution in [0.25, 0.3) is 11.8 Å². The molecular formula is C19H15N4O2+. The number of hydrogen-bond acceptors (Lipinski definition) is 4. The summed E-state index contributed by atoms with van der Waals surface area (Å²) in [4.78, 5) is 12.2. The second kappa shape index (κ2) is 7.23. The number of benzene rings is 2. The number of amides is 1. The average molecular weight is 331 g/mol. The number of nitrogens with one attached hydrogen (secondary N) is 1. The van der Waals surface area contributed by atoms with E-state index in [0.717, 1.165) is 16.8 Å². The van der Waals surface area contributed by atoms with Gasteiger partial charge in [0.1, 0.15) is 11.6 Å². The molecule has 122 valence electrons. The smallest absolute Gasteiger partial charge is 0.284 e. The molecule has 6 nitrogen and oxygen atoms in total. The highest BCUT2D eigenvalue weighted by Crippen LogP contribution is 2.10. The van der Waals surface area contributed by atoms with E-state index < -0.39 is 5.91 Å². The lowest BCUT2D eigenvalue weighted by Gasteiger charge is -1.98. The van der Waals surface area contributed by atoms with Gasteiger partial charge in [-0.2, -0.15) is 5.26 Å². The SMILES string of the molecule is Cc1ccc(-[n+]2cc(NC(=O)/C(C#N)=C/c3ccccc3)on2)cc1. The zero-order valence-electron chi connectivity index (χ0n) is 13.5. The van der Waals surface area contributed by atoms with Crippen molar-refractivity contribution >= 4 is 17.9 Å². The first kappa shape index (κ1) is 16.1. The zero-order valence-corrected chi connectivity index (χ0v) is 13.5. The number of carbonyl (C=O) groups is 1. The molecule has 0 saturated heterocycles. The van der Waals surface area contributed by atoms with E-state index in [4.69, 9.17) is 4.52 Å². The number of hydrogen-bond donors (Lipinski definition) is 1. The van der Waals surface area contributed by atoms with E-state index in [1.807, 2.05) is 67.6 Å². The highest BCUT2D eigenvalue weighted by Gasteiger charge is 2.18. The van der Waals surface area contributed by atoms with Crippen LogP contribution < -0.4 is 10.00 Å². The minimum atomic E-state index is -0.557. The van der Waals surface area contributed by atoms with Crippen LogP contribution in [0.1, 0.15) is 11.1 Å². The molecule has 0 aliphatic carbocycles. The average Bonchev–Trinajstić information content (AvgIpc) is 3.09. The maximum Gasteiger partial charge on any atom is 0.303 e. The molecular weight excluding hydrogens is 316 g/mol. The maximum absolute atomic E-state index is 12.2. The monoisotopic (exact) mass is 331 g/mol. The Morgan fingerprint density at radius 1 is 1.20 bits per heavy atom. The predicted octanol–water partition coefficient (Wildman–Crippen LogP) is 2.81. The van der Waals surface area contributed by atoms with Crippen LogP contribution >= 0.6 is 0 Å². The molecule has 0 radical (unpaired) electrons. The Bertz CT molecular complexity index is 951. The van der Waals surface area contributed by atoms with Crippen LogP contribution in [0.15, 0.2) is 70.9 Å². The minimum absolute atomic E-state index is 0.0236. The molecule has 0 fully saturated rings. The molecule has 3 aromatic rings. The molecule has 0 saturated carbocycles. The summed E-state index contributed by atoms with van der Waals surface area (Å²) in [7, 11) is 0. The van der Waals surface area contributed by atoms with Crippen molar-refractivity contribution in [1.82, 2.24) is 5.27 Å². The summed E-state index contributed by atoms with van der Waals surface area (Å²) >= 11 is 0. The van der Waals surface area contributed by atoms with Gasteiger partial charge in [0.05, 0.1) is 0 Å². The van der Waals surface area contributed by atoms with Gasteiger partial charge in [-0.05, 0) is 23.2 Å². The largest absolute Gasteiger partial charge is 0.303 e. The molecule has 0 spiro atoms. The van der Waals surface area contributed by atoms with Crippen molar-refractivity contribution in [2.24, 2.45) is 0 Å².